The molecule has 0 bridgehead atoms. The van der Waals surface area contributed by atoms with E-state index in [2.05, 4.69) is 26.2 Å². The van der Waals surface area contributed by atoms with Crippen molar-refractivity contribution in [3.63, 3.8) is 0 Å². The van der Waals surface area contributed by atoms with Gasteiger partial charge in [0.15, 0.2) is 0 Å². The number of aromatic nitrogens is 2. The van der Waals surface area contributed by atoms with Crippen molar-refractivity contribution >= 4 is 33.5 Å². The minimum atomic E-state index is -1.16. The van der Waals surface area contributed by atoms with E-state index >= 15 is 0 Å². The van der Waals surface area contributed by atoms with Crippen LogP contribution in [-0.4, -0.2) is 27.0 Å². The lowest BCUT2D eigenvalue weighted by molar-refractivity contribution is 0.0696. The number of anilines is 1. The number of halogens is 1. The minimum Gasteiger partial charge on any atom is -0.478 e. The summed E-state index contributed by atoms with van der Waals surface area (Å²) in [6, 6.07) is 4.08. The quantitative estimate of drug-likeness (QED) is 0.647. The van der Waals surface area contributed by atoms with Crippen LogP contribution in [0, 0.1) is 0 Å². The fourth-order valence-electron chi connectivity index (χ4n) is 1.56. The number of nitrogens with one attached hydrogen (secondary N) is 3. The Morgan fingerprint density at radius 1 is 1.19 bits per heavy atom. The van der Waals surface area contributed by atoms with E-state index in [1.807, 2.05) is 4.98 Å². The molecule has 108 valence electrons. The number of hydrogen-bond donors (Lipinski definition) is 4. The van der Waals surface area contributed by atoms with Crippen molar-refractivity contribution in [1.29, 1.82) is 0 Å². The first-order valence-electron chi connectivity index (χ1n) is 5.54. The number of amides is 1. The van der Waals surface area contributed by atoms with Gasteiger partial charge in [-0.3, -0.25) is 14.6 Å². The zero-order chi connectivity index (χ0) is 15.6. The van der Waals surface area contributed by atoms with Gasteiger partial charge in [-0.25, -0.2) is 9.59 Å². The molecule has 9 heteroatoms. The molecule has 2 aromatic rings. The lowest BCUT2D eigenvalue weighted by atomic mass is 10.2. The topological polar surface area (TPSA) is 132 Å². The number of aromatic amines is 2. The summed E-state index contributed by atoms with van der Waals surface area (Å²) in [7, 11) is 0. The minimum absolute atomic E-state index is 0.0324. The number of hydrogen-bond acceptors (Lipinski definition) is 4. The van der Waals surface area contributed by atoms with Gasteiger partial charge in [-0.1, -0.05) is 15.9 Å². The number of aromatic carboxylic acids is 1. The number of carbonyl (C=O) groups is 2. The summed E-state index contributed by atoms with van der Waals surface area (Å²) in [6.07, 6.45) is 0.979. The van der Waals surface area contributed by atoms with Crippen LogP contribution < -0.4 is 16.6 Å². The Balaban J connectivity index is 2.33. The molecule has 1 aromatic heterocycles. The van der Waals surface area contributed by atoms with Crippen molar-refractivity contribution in [2.45, 2.75) is 0 Å². The second-order valence-corrected chi connectivity index (χ2v) is 4.89. The zero-order valence-corrected chi connectivity index (χ0v) is 11.9. The third-order valence-corrected chi connectivity index (χ3v) is 2.92. The molecule has 8 nitrogen and oxygen atoms in total. The highest BCUT2D eigenvalue weighted by molar-refractivity contribution is 9.10. The summed E-state index contributed by atoms with van der Waals surface area (Å²) in [6.45, 7) is 0. The normalized spacial score (nSPS) is 10.1. The van der Waals surface area contributed by atoms with Gasteiger partial charge >= 0.3 is 11.7 Å². The molecule has 0 aliphatic heterocycles. The SMILES string of the molecule is O=C(O)c1cc(Br)cc(NC(=O)c2c[nH]c(=O)[nH]c2=O)c1. The van der Waals surface area contributed by atoms with Crippen LogP contribution in [-0.2, 0) is 0 Å². The van der Waals surface area contributed by atoms with Crippen LogP contribution in [0.4, 0.5) is 5.69 Å². The highest BCUT2D eigenvalue weighted by Gasteiger charge is 2.13. The Bertz CT molecular complexity index is 839. The Kier molecular flexibility index (Phi) is 4.03. The fourth-order valence-corrected chi connectivity index (χ4v) is 2.06. The summed E-state index contributed by atoms with van der Waals surface area (Å²) >= 11 is 3.12. The van der Waals surface area contributed by atoms with E-state index in [0.29, 0.717) is 4.47 Å². The van der Waals surface area contributed by atoms with Gasteiger partial charge in [-0.2, -0.15) is 0 Å². The second kappa shape index (κ2) is 5.75. The summed E-state index contributed by atoms with van der Waals surface area (Å²) < 4.78 is 0.452. The molecule has 0 spiro atoms. The molecule has 0 fully saturated rings. The van der Waals surface area contributed by atoms with E-state index in [0.717, 1.165) is 6.20 Å². The van der Waals surface area contributed by atoms with Gasteiger partial charge in [0.05, 0.1) is 5.56 Å². The Morgan fingerprint density at radius 3 is 2.52 bits per heavy atom. The van der Waals surface area contributed by atoms with Crippen molar-refractivity contribution in [1.82, 2.24) is 9.97 Å². The van der Waals surface area contributed by atoms with Crippen molar-refractivity contribution < 1.29 is 14.7 Å². The van der Waals surface area contributed by atoms with Gasteiger partial charge in [0, 0.05) is 16.4 Å². The highest BCUT2D eigenvalue weighted by Crippen LogP contribution is 2.20. The first-order chi connectivity index (χ1) is 9.86. The van der Waals surface area contributed by atoms with Crippen LogP contribution in [0.25, 0.3) is 0 Å². The van der Waals surface area contributed by atoms with Crippen LogP contribution in [0.3, 0.4) is 0 Å². The lowest BCUT2D eigenvalue weighted by Gasteiger charge is -2.06. The molecule has 0 aliphatic carbocycles. The number of carboxylic acids is 1. The van der Waals surface area contributed by atoms with Crippen LogP contribution in [0.15, 0.2) is 38.5 Å². The number of H-pyrrole nitrogens is 2. The third-order valence-electron chi connectivity index (χ3n) is 2.47. The van der Waals surface area contributed by atoms with Gasteiger partial charge in [-0.05, 0) is 18.2 Å². The highest BCUT2D eigenvalue weighted by atomic mass is 79.9. The molecule has 2 rings (SSSR count). The number of rotatable bonds is 3. The smallest absolute Gasteiger partial charge is 0.335 e. The molecule has 0 saturated carbocycles. The van der Waals surface area contributed by atoms with E-state index in [1.165, 1.54) is 18.2 Å². The lowest BCUT2D eigenvalue weighted by Crippen LogP contribution is -2.29. The molecule has 0 radical (unpaired) electrons. The van der Waals surface area contributed by atoms with Gasteiger partial charge in [-0.15, -0.1) is 0 Å². The van der Waals surface area contributed by atoms with Crippen LogP contribution >= 0.6 is 15.9 Å². The first kappa shape index (κ1) is 14.7. The maximum atomic E-state index is 11.9. The van der Waals surface area contributed by atoms with E-state index in [-0.39, 0.29) is 16.8 Å². The number of benzene rings is 1. The zero-order valence-electron chi connectivity index (χ0n) is 10.3. The maximum Gasteiger partial charge on any atom is 0.335 e. The predicted octanol–water partition coefficient (Wildman–Crippen LogP) is 0.776. The number of carboxylic acid groups (broad SMARTS) is 1. The van der Waals surface area contributed by atoms with Crippen LogP contribution in [0.1, 0.15) is 20.7 Å². The summed E-state index contributed by atoms with van der Waals surface area (Å²) in [4.78, 5) is 49.3. The molecule has 1 aromatic carbocycles. The second-order valence-electron chi connectivity index (χ2n) is 3.97. The molecule has 0 unspecified atom stereocenters. The molecule has 4 N–H and O–H groups in total. The Labute approximate surface area is 125 Å². The van der Waals surface area contributed by atoms with Gasteiger partial charge < -0.3 is 15.4 Å². The van der Waals surface area contributed by atoms with Crippen molar-refractivity contribution in [2.75, 3.05) is 5.32 Å². The van der Waals surface area contributed by atoms with Crippen molar-refractivity contribution in [3.8, 4) is 0 Å². The molecule has 21 heavy (non-hydrogen) atoms. The molecule has 0 aliphatic rings. The maximum absolute atomic E-state index is 11.9. The first-order valence-corrected chi connectivity index (χ1v) is 6.33. The molecular weight excluding hydrogens is 346 g/mol. The Morgan fingerprint density at radius 2 is 1.90 bits per heavy atom. The van der Waals surface area contributed by atoms with E-state index < -0.39 is 23.1 Å². The molecule has 0 saturated heterocycles. The average molecular weight is 354 g/mol. The van der Waals surface area contributed by atoms with E-state index in [4.69, 9.17) is 5.11 Å². The summed E-state index contributed by atoms with van der Waals surface area (Å²) in [5.74, 6) is -1.93. The average Bonchev–Trinajstić information content (AvgIpc) is 2.37. The fraction of sp³-hybridized carbons (Fsp3) is 0. The molecule has 0 atom stereocenters. The molecule has 1 heterocycles. The largest absolute Gasteiger partial charge is 0.478 e. The van der Waals surface area contributed by atoms with Gasteiger partial charge in [0.2, 0.25) is 0 Å². The Hall–Kier alpha value is -2.68. The number of carbonyl (C=O) groups excluding carboxylic acids is 1. The predicted molar refractivity (Wildman–Crippen MR) is 76.7 cm³/mol. The summed E-state index contributed by atoms with van der Waals surface area (Å²) in [5, 5.41) is 11.3. The molecular formula is C12H8BrN3O5. The van der Waals surface area contributed by atoms with Crippen molar-refractivity contribution in [3.05, 3.63) is 60.8 Å². The van der Waals surface area contributed by atoms with Crippen molar-refractivity contribution in [2.24, 2.45) is 0 Å². The molecule has 1 amide bonds. The monoisotopic (exact) mass is 353 g/mol. The van der Waals surface area contributed by atoms with Gasteiger partial charge in [0.1, 0.15) is 5.56 Å². The van der Waals surface area contributed by atoms with E-state index in [1.54, 1.807) is 0 Å². The van der Waals surface area contributed by atoms with Crippen LogP contribution in [0.2, 0.25) is 0 Å². The third kappa shape index (κ3) is 3.45. The van der Waals surface area contributed by atoms with E-state index in [9.17, 15) is 19.2 Å². The van der Waals surface area contributed by atoms with Gasteiger partial charge in [0.25, 0.3) is 11.5 Å². The van der Waals surface area contributed by atoms with Crippen LogP contribution in [0.5, 0.6) is 0 Å². The standard InChI is InChI=1S/C12H8BrN3O5/c13-6-1-5(11(19)20)2-7(3-6)15-9(17)8-4-14-12(21)16-10(8)18/h1-4H,(H,15,17)(H,19,20)(H2,14,16,18,21). The summed E-state index contributed by atoms with van der Waals surface area (Å²) in [5.41, 5.74) is -1.71.